The lowest BCUT2D eigenvalue weighted by Crippen LogP contribution is -2.21. The van der Waals surface area contributed by atoms with E-state index in [4.69, 9.17) is 26.0 Å². The largest absolute Gasteiger partial charge is 0.450 e. The number of rotatable bonds is 4. The van der Waals surface area contributed by atoms with Crippen LogP contribution < -0.4 is 5.32 Å². The molecule has 0 fully saturated rings. The maximum atomic E-state index is 12.3. The molecule has 0 unspecified atom stereocenters. The Morgan fingerprint density at radius 3 is 2.81 bits per heavy atom. The van der Waals surface area contributed by atoms with Crippen LogP contribution in [-0.2, 0) is 9.53 Å². The third kappa shape index (κ3) is 4.13. The summed E-state index contributed by atoms with van der Waals surface area (Å²) in [7, 11) is 0. The first-order chi connectivity index (χ1) is 12.9. The first-order valence-electron chi connectivity index (χ1n) is 7.74. The van der Waals surface area contributed by atoms with E-state index in [1.54, 1.807) is 25.1 Å². The molecule has 1 heterocycles. The van der Waals surface area contributed by atoms with Crippen LogP contribution in [0.4, 0.5) is 5.69 Å². The van der Waals surface area contributed by atoms with Gasteiger partial charge in [-0.15, -0.1) is 0 Å². The Labute approximate surface area is 167 Å². The first-order valence-corrected chi connectivity index (χ1v) is 8.91. The van der Waals surface area contributed by atoms with Crippen molar-refractivity contribution in [2.75, 3.05) is 11.9 Å². The summed E-state index contributed by atoms with van der Waals surface area (Å²) in [5.41, 5.74) is 1.66. The van der Waals surface area contributed by atoms with Gasteiger partial charge in [-0.3, -0.25) is 4.79 Å². The van der Waals surface area contributed by atoms with Gasteiger partial charge in [0, 0.05) is 20.4 Å². The van der Waals surface area contributed by atoms with E-state index in [0.717, 1.165) is 9.86 Å². The quantitative estimate of drug-likeness (QED) is 0.579. The van der Waals surface area contributed by atoms with Crippen LogP contribution in [0.25, 0.3) is 11.0 Å². The number of benzene rings is 2. The van der Waals surface area contributed by atoms with Gasteiger partial charge in [0.05, 0.1) is 11.3 Å². The van der Waals surface area contributed by atoms with Gasteiger partial charge in [-0.2, -0.15) is 5.26 Å². The van der Waals surface area contributed by atoms with Crippen molar-refractivity contribution in [3.05, 3.63) is 62.8 Å². The highest BCUT2D eigenvalue weighted by molar-refractivity contribution is 9.10. The molecule has 136 valence electrons. The number of halogens is 2. The monoisotopic (exact) mass is 446 g/mol. The summed E-state index contributed by atoms with van der Waals surface area (Å²) in [6, 6.07) is 11.8. The number of anilines is 1. The summed E-state index contributed by atoms with van der Waals surface area (Å²) in [6.45, 7) is 1.20. The number of ether oxygens (including phenoxy) is 1. The zero-order valence-corrected chi connectivity index (χ0v) is 16.3. The summed E-state index contributed by atoms with van der Waals surface area (Å²) in [6.07, 6.45) is 0. The summed E-state index contributed by atoms with van der Waals surface area (Å²) in [5, 5.41) is 12.7. The van der Waals surface area contributed by atoms with Gasteiger partial charge in [0.15, 0.2) is 6.61 Å². The number of fused-ring (bicyclic) bond motifs is 1. The van der Waals surface area contributed by atoms with E-state index in [2.05, 4.69) is 21.2 Å². The summed E-state index contributed by atoms with van der Waals surface area (Å²) >= 11 is 9.24. The lowest BCUT2D eigenvalue weighted by Gasteiger charge is -2.08. The molecule has 3 rings (SSSR count). The number of carbonyl (C=O) groups is 2. The summed E-state index contributed by atoms with van der Waals surface area (Å²) in [5.74, 6) is -1.31. The number of nitrogens with one attached hydrogen (secondary N) is 1. The van der Waals surface area contributed by atoms with E-state index in [9.17, 15) is 9.59 Å². The number of nitriles is 1. The molecule has 0 atom stereocenters. The second-order valence-electron chi connectivity index (χ2n) is 5.62. The van der Waals surface area contributed by atoms with Crippen LogP contribution in [0.5, 0.6) is 0 Å². The minimum absolute atomic E-state index is 0.0383. The van der Waals surface area contributed by atoms with Gasteiger partial charge >= 0.3 is 5.97 Å². The molecule has 0 spiro atoms. The Hall–Kier alpha value is -2.82. The minimum Gasteiger partial charge on any atom is -0.450 e. The molecule has 1 aromatic heterocycles. The van der Waals surface area contributed by atoms with Crippen LogP contribution in [0.15, 0.2) is 45.3 Å². The lowest BCUT2D eigenvalue weighted by molar-refractivity contribution is -0.119. The summed E-state index contributed by atoms with van der Waals surface area (Å²) < 4.78 is 11.4. The van der Waals surface area contributed by atoms with Crippen molar-refractivity contribution in [1.29, 1.82) is 5.26 Å². The fourth-order valence-electron chi connectivity index (χ4n) is 2.49. The van der Waals surface area contributed by atoms with E-state index >= 15 is 0 Å². The number of amides is 1. The van der Waals surface area contributed by atoms with Crippen molar-refractivity contribution in [2.45, 2.75) is 6.92 Å². The number of esters is 1. The Kier molecular flexibility index (Phi) is 5.49. The highest BCUT2D eigenvalue weighted by Gasteiger charge is 2.20. The van der Waals surface area contributed by atoms with Crippen molar-refractivity contribution < 1.29 is 18.7 Å². The zero-order chi connectivity index (χ0) is 19.6. The minimum atomic E-state index is -0.749. The molecule has 8 heteroatoms. The van der Waals surface area contributed by atoms with Crippen LogP contribution in [-0.4, -0.2) is 18.5 Å². The smallest absolute Gasteiger partial charge is 0.375 e. The lowest BCUT2D eigenvalue weighted by atomic mass is 10.1. The molecule has 3 aromatic rings. The maximum absolute atomic E-state index is 12.3. The van der Waals surface area contributed by atoms with E-state index in [1.807, 2.05) is 12.1 Å². The molecule has 0 aliphatic rings. The van der Waals surface area contributed by atoms with Crippen LogP contribution in [0.1, 0.15) is 21.7 Å². The number of carbonyl (C=O) groups excluding carboxylic acids is 2. The van der Waals surface area contributed by atoms with Crippen molar-refractivity contribution in [2.24, 2.45) is 0 Å². The van der Waals surface area contributed by atoms with Gasteiger partial charge in [-0.05, 0) is 43.3 Å². The van der Waals surface area contributed by atoms with Crippen molar-refractivity contribution in [3.8, 4) is 6.07 Å². The Morgan fingerprint density at radius 1 is 1.30 bits per heavy atom. The van der Waals surface area contributed by atoms with Crippen molar-refractivity contribution >= 4 is 56.1 Å². The van der Waals surface area contributed by atoms with E-state index in [1.165, 1.54) is 12.1 Å². The van der Waals surface area contributed by atoms with Gasteiger partial charge in [-0.1, -0.05) is 27.5 Å². The molecule has 0 bridgehead atoms. The predicted octanol–water partition coefficient (Wildman–Crippen LogP) is 4.82. The Morgan fingerprint density at radius 2 is 2.07 bits per heavy atom. The molecule has 0 aliphatic heterocycles. The second kappa shape index (κ2) is 7.82. The standard InChI is InChI=1S/C19H12BrClN2O4/c1-10-14-6-12(20)3-5-16(14)27-18(10)19(25)26-9-17(24)23-15-7-13(21)4-2-11(15)8-22/h2-7H,9H2,1H3,(H,23,24). The third-order valence-corrected chi connectivity index (χ3v) is 4.52. The predicted molar refractivity (Wildman–Crippen MR) is 104 cm³/mol. The topological polar surface area (TPSA) is 92.3 Å². The van der Waals surface area contributed by atoms with E-state index in [-0.39, 0.29) is 17.0 Å². The molecule has 0 saturated heterocycles. The van der Waals surface area contributed by atoms with Gasteiger partial charge in [0.25, 0.3) is 5.91 Å². The Bertz CT molecular complexity index is 1100. The highest BCUT2D eigenvalue weighted by Crippen LogP contribution is 2.28. The molecule has 27 heavy (non-hydrogen) atoms. The molecule has 1 N–H and O–H groups in total. The number of aryl methyl sites for hydroxylation is 1. The molecule has 1 amide bonds. The van der Waals surface area contributed by atoms with Crippen molar-refractivity contribution in [3.63, 3.8) is 0 Å². The molecular formula is C19H12BrClN2O4. The van der Waals surface area contributed by atoms with Crippen LogP contribution in [0.3, 0.4) is 0 Å². The Balaban J connectivity index is 1.69. The first kappa shape index (κ1) is 19.0. The molecule has 0 aliphatic carbocycles. The second-order valence-corrected chi connectivity index (χ2v) is 6.97. The normalized spacial score (nSPS) is 10.4. The zero-order valence-electron chi connectivity index (χ0n) is 14.0. The molecular weight excluding hydrogens is 436 g/mol. The van der Waals surface area contributed by atoms with Crippen LogP contribution >= 0.6 is 27.5 Å². The number of nitrogens with zero attached hydrogens (tertiary/aromatic N) is 1. The maximum Gasteiger partial charge on any atom is 0.375 e. The SMILES string of the molecule is Cc1c(C(=O)OCC(=O)Nc2cc(Cl)ccc2C#N)oc2ccc(Br)cc12. The van der Waals surface area contributed by atoms with E-state index < -0.39 is 18.5 Å². The molecule has 0 saturated carbocycles. The molecule has 0 radical (unpaired) electrons. The fourth-order valence-corrected chi connectivity index (χ4v) is 3.02. The van der Waals surface area contributed by atoms with Gasteiger partial charge in [-0.25, -0.2) is 4.79 Å². The van der Waals surface area contributed by atoms with Crippen molar-refractivity contribution in [1.82, 2.24) is 0 Å². The molecule has 2 aromatic carbocycles. The molecule has 6 nitrogen and oxygen atoms in total. The number of hydrogen-bond donors (Lipinski definition) is 1. The van der Waals surface area contributed by atoms with E-state index in [0.29, 0.717) is 16.2 Å². The summed E-state index contributed by atoms with van der Waals surface area (Å²) in [4.78, 5) is 24.3. The fraction of sp³-hybridized carbons (Fsp3) is 0.105. The third-order valence-electron chi connectivity index (χ3n) is 3.79. The number of hydrogen-bond acceptors (Lipinski definition) is 5. The van der Waals surface area contributed by atoms with Crippen LogP contribution in [0, 0.1) is 18.3 Å². The van der Waals surface area contributed by atoms with Gasteiger partial charge in [0.2, 0.25) is 5.76 Å². The average Bonchev–Trinajstić information content (AvgIpc) is 2.96. The number of furan rings is 1. The van der Waals surface area contributed by atoms with Crippen LogP contribution in [0.2, 0.25) is 5.02 Å². The highest BCUT2D eigenvalue weighted by atomic mass is 79.9. The van der Waals surface area contributed by atoms with Gasteiger partial charge < -0.3 is 14.5 Å². The average molecular weight is 448 g/mol. The van der Waals surface area contributed by atoms with Gasteiger partial charge in [0.1, 0.15) is 11.7 Å².